The number of nitrogens with one attached hydrogen (secondary N) is 2. The number of aryl methyl sites for hydroxylation is 2. The van der Waals surface area contributed by atoms with Crippen molar-refractivity contribution in [2.24, 2.45) is 5.41 Å². The van der Waals surface area contributed by atoms with E-state index < -0.39 is 5.41 Å². The normalized spacial score (nSPS) is 11.2. The van der Waals surface area contributed by atoms with Crippen LogP contribution in [0.5, 0.6) is 0 Å². The minimum absolute atomic E-state index is 0.0412. The Morgan fingerprint density at radius 2 is 1.96 bits per heavy atom. The van der Waals surface area contributed by atoms with Crippen LogP contribution in [0.15, 0.2) is 30.9 Å². The van der Waals surface area contributed by atoms with E-state index in [-0.39, 0.29) is 11.8 Å². The highest BCUT2D eigenvalue weighted by Gasteiger charge is 2.21. The van der Waals surface area contributed by atoms with Gasteiger partial charge in [0.15, 0.2) is 0 Å². The molecule has 2 amide bonds. The highest BCUT2D eigenvalue weighted by Crippen LogP contribution is 2.23. The Labute approximate surface area is 147 Å². The van der Waals surface area contributed by atoms with Gasteiger partial charge in [-0.3, -0.25) is 14.3 Å². The maximum atomic E-state index is 12.1. The van der Waals surface area contributed by atoms with E-state index in [2.05, 4.69) is 20.7 Å². The van der Waals surface area contributed by atoms with Crippen LogP contribution in [0.25, 0.3) is 0 Å². The van der Waals surface area contributed by atoms with Crippen molar-refractivity contribution in [2.75, 3.05) is 10.6 Å². The second-order valence-corrected chi connectivity index (χ2v) is 7.04. The summed E-state index contributed by atoms with van der Waals surface area (Å²) in [5.41, 5.74) is 1.92. The van der Waals surface area contributed by atoms with Gasteiger partial charge in [0.2, 0.25) is 11.8 Å². The third-order valence-electron chi connectivity index (χ3n) is 3.70. The van der Waals surface area contributed by atoms with Gasteiger partial charge < -0.3 is 10.6 Å². The van der Waals surface area contributed by atoms with E-state index >= 15 is 0 Å². The number of aromatic nitrogens is 3. The van der Waals surface area contributed by atoms with Crippen molar-refractivity contribution in [2.45, 2.75) is 47.1 Å². The summed E-state index contributed by atoms with van der Waals surface area (Å²) in [5, 5.41) is 9.79. The Hall–Kier alpha value is -2.70. The lowest BCUT2D eigenvalue weighted by Crippen LogP contribution is -2.27. The van der Waals surface area contributed by atoms with Crippen LogP contribution in [0, 0.1) is 12.3 Å². The zero-order chi connectivity index (χ0) is 18.4. The van der Waals surface area contributed by atoms with Crippen molar-refractivity contribution in [1.82, 2.24) is 14.8 Å². The van der Waals surface area contributed by atoms with E-state index in [9.17, 15) is 9.59 Å². The Kier molecular flexibility index (Phi) is 5.90. The van der Waals surface area contributed by atoms with Crippen molar-refractivity contribution in [3.8, 4) is 0 Å². The first-order valence-electron chi connectivity index (χ1n) is 8.30. The van der Waals surface area contributed by atoms with Gasteiger partial charge in [-0.05, 0) is 37.1 Å². The molecule has 0 aliphatic rings. The first-order chi connectivity index (χ1) is 11.8. The fourth-order valence-electron chi connectivity index (χ4n) is 2.16. The standard InChI is InChI=1S/C18H25N5O2/c1-13-10-14(7-8-15(13)22-17(25)18(2,3)4)21-16(24)6-5-9-23-12-19-11-20-23/h7-8,10-12H,5-6,9H2,1-4H3,(H,21,24)(H,22,25). The molecule has 0 atom stereocenters. The van der Waals surface area contributed by atoms with Crippen LogP contribution in [-0.2, 0) is 16.1 Å². The highest BCUT2D eigenvalue weighted by atomic mass is 16.2. The average Bonchev–Trinajstić information content (AvgIpc) is 3.02. The van der Waals surface area contributed by atoms with Crippen molar-refractivity contribution < 1.29 is 9.59 Å². The lowest BCUT2D eigenvalue weighted by molar-refractivity contribution is -0.123. The monoisotopic (exact) mass is 343 g/mol. The second-order valence-electron chi connectivity index (χ2n) is 7.04. The molecule has 7 nitrogen and oxygen atoms in total. The predicted octanol–water partition coefficient (Wildman–Crippen LogP) is 2.99. The summed E-state index contributed by atoms with van der Waals surface area (Å²) >= 11 is 0. The van der Waals surface area contributed by atoms with Crippen molar-refractivity contribution in [3.63, 3.8) is 0 Å². The highest BCUT2D eigenvalue weighted by molar-refractivity contribution is 5.96. The molecule has 0 saturated carbocycles. The molecule has 0 aliphatic carbocycles. The summed E-state index contributed by atoms with van der Waals surface area (Å²) in [6.07, 6.45) is 4.20. The number of carbonyl (C=O) groups excluding carboxylic acids is 2. The molecule has 134 valence electrons. The van der Waals surface area contributed by atoms with Gasteiger partial charge >= 0.3 is 0 Å². The van der Waals surface area contributed by atoms with Gasteiger partial charge in [-0.15, -0.1) is 0 Å². The molecule has 0 fully saturated rings. The lowest BCUT2D eigenvalue weighted by atomic mass is 9.95. The van der Waals surface area contributed by atoms with Crippen LogP contribution >= 0.6 is 0 Å². The zero-order valence-electron chi connectivity index (χ0n) is 15.2. The van der Waals surface area contributed by atoms with Crippen LogP contribution in [-0.4, -0.2) is 26.6 Å². The molecule has 2 N–H and O–H groups in total. The molecule has 2 rings (SSSR count). The lowest BCUT2D eigenvalue weighted by Gasteiger charge is -2.19. The zero-order valence-corrected chi connectivity index (χ0v) is 15.2. The first kappa shape index (κ1) is 18.6. The van der Waals surface area contributed by atoms with Crippen molar-refractivity contribution in [1.29, 1.82) is 0 Å². The molecular weight excluding hydrogens is 318 g/mol. The van der Waals surface area contributed by atoms with E-state index in [1.165, 1.54) is 6.33 Å². The average molecular weight is 343 g/mol. The number of rotatable bonds is 6. The number of hydrogen-bond donors (Lipinski definition) is 2. The fraction of sp³-hybridized carbons (Fsp3) is 0.444. The molecular formula is C18H25N5O2. The van der Waals surface area contributed by atoms with Gasteiger partial charge in [0.1, 0.15) is 12.7 Å². The predicted molar refractivity (Wildman–Crippen MR) is 97.1 cm³/mol. The summed E-state index contributed by atoms with van der Waals surface area (Å²) in [5.74, 6) is -0.0912. The molecule has 2 aromatic rings. The number of nitrogens with zero attached hydrogens (tertiary/aromatic N) is 3. The Bertz CT molecular complexity index is 732. The van der Waals surface area contributed by atoms with E-state index in [4.69, 9.17) is 0 Å². The first-order valence-corrected chi connectivity index (χ1v) is 8.30. The molecule has 25 heavy (non-hydrogen) atoms. The van der Waals surface area contributed by atoms with E-state index in [1.807, 2.05) is 39.8 Å². The van der Waals surface area contributed by atoms with Crippen LogP contribution in [0.1, 0.15) is 39.2 Å². The molecule has 0 bridgehead atoms. The Morgan fingerprint density at radius 1 is 1.20 bits per heavy atom. The van der Waals surface area contributed by atoms with Crippen molar-refractivity contribution >= 4 is 23.2 Å². The molecule has 1 aromatic heterocycles. The van der Waals surface area contributed by atoms with E-state index in [0.717, 1.165) is 16.9 Å². The minimum atomic E-state index is -0.455. The largest absolute Gasteiger partial charge is 0.326 e. The number of carbonyl (C=O) groups is 2. The van der Waals surface area contributed by atoms with Gasteiger partial charge in [-0.25, -0.2) is 4.98 Å². The van der Waals surface area contributed by atoms with Crippen molar-refractivity contribution in [3.05, 3.63) is 36.4 Å². The smallest absolute Gasteiger partial charge is 0.229 e. The molecule has 0 saturated heterocycles. The van der Waals surface area contributed by atoms with Crippen LogP contribution in [0.2, 0.25) is 0 Å². The molecule has 0 aliphatic heterocycles. The number of hydrogen-bond acceptors (Lipinski definition) is 4. The Morgan fingerprint density at radius 3 is 2.56 bits per heavy atom. The molecule has 0 unspecified atom stereocenters. The maximum Gasteiger partial charge on any atom is 0.229 e. The van der Waals surface area contributed by atoms with E-state index in [1.54, 1.807) is 17.1 Å². The maximum absolute atomic E-state index is 12.1. The van der Waals surface area contributed by atoms with Crippen LogP contribution in [0.4, 0.5) is 11.4 Å². The number of amides is 2. The van der Waals surface area contributed by atoms with Gasteiger partial charge in [0.25, 0.3) is 0 Å². The van der Waals surface area contributed by atoms with Crippen LogP contribution in [0.3, 0.4) is 0 Å². The minimum Gasteiger partial charge on any atom is -0.326 e. The molecule has 1 aromatic carbocycles. The van der Waals surface area contributed by atoms with Gasteiger partial charge in [-0.2, -0.15) is 5.10 Å². The fourth-order valence-corrected chi connectivity index (χ4v) is 2.16. The second kappa shape index (κ2) is 7.92. The molecule has 1 heterocycles. The summed E-state index contributed by atoms with van der Waals surface area (Å²) in [7, 11) is 0. The molecule has 0 spiro atoms. The molecule has 0 radical (unpaired) electrons. The third kappa shape index (κ3) is 5.70. The van der Waals surface area contributed by atoms with Crippen LogP contribution < -0.4 is 10.6 Å². The summed E-state index contributed by atoms with van der Waals surface area (Å²) in [6, 6.07) is 5.46. The van der Waals surface area contributed by atoms with Gasteiger partial charge in [0.05, 0.1) is 0 Å². The summed E-state index contributed by atoms with van der Waals surface area (Å²) in [6.45, 7) is 8.16. The third-order valence-corrected chi connectivity index (χ3v) is 3.70. The Balaban J connectivity index is 1.87. The van der Waals surface area contributed by atoms with Gasteiger partial charge in [-0.1, -0.05) is 20.8 Å². The number of anilines is 2. The quantitative estimate of drug-likeness (QED) is 0.844. The number of benzene rings is 1. The SMILES string of the molecule is Cc1cc(NC(=O)CCCn2cncn2)ccc1NC(=O)C(C)(C)C. The summed E-state index contributed by atoms with van der Waals surface area (Å²) < 4.78 is 1.70. The van der Waals surface area contributed by atoms with E-state index in [0.29, 0.717) is 19.4 Å². The van der Waals surface area contributed by atoms with Gasteiger partial charge in [0, 0.05) is 29.8 Å². The summed E-state index contributed by atoms with van der Waals surface area (Å²) in [4.78, 5) is 28.0. The topological polar surface area (TPSA) is 88.9 Å². The molecule has 7 heteroatoms.